The number of hydrogen-bond donors (Lipinski definition) is 0. The highest BCUT2D eigenvalue weighted by atomic mass is 35.5. The van der Waals surface area contributed by atoms with Gasteiger partial charge < -0.3 is 0 Å². The van der Waals surface area contributed by atoms with Crippen molar-refractivity contribution < 1.29 is 4.79 Å². The first-order valence-corrected chi connectivity index (χ1v) is 6.65. The van der Waals surface area contributed by atoms with E-state index < -0.39 is 0 Å². The molecule has 0 aliphatic carbocycles. The van der Waals surface area contributed by atoms with Gasteiger partial charge in [0.1, 0.15) is 4.32 Å². The molecule has 1 amide bonds. The van der Waals surface area contributed by atoms with E-state index in [1.807, 2.05) is 18.2 Å². The van der Waals surface area contributed by atoms with Crippen molar-refractivity contribution in [3.63, 3.8) is 0 Å². The number of carbonyl (C=O) groups is 1. The Morgan fingerprint density at radius 2 is 2.38 bits per heavy atom. The second-order valence-corrected chi connectivity index (χ2v) is 5.63. The average molecular weight is 272 g/mol. The zero-order valence-corrected chi connectivity index (χ0v) is 10.9. The Bertz CT molecular complexity index is 436. The number of thiocarbonyl (C=S) groups is 1. The van der Waals surface area contributed by atoms with E-state index in [0.29, 0.717) is 15.8 Å². The van der Waals surface area contributed by atoms with Crippen LogP contribution in [-0.4, -0.2) is 27.4 Å². The van der Waals surface area contributed by atoms with E-state index in [-0.39, 0.29) is 5.91 Å². The maximum atomic E-state index is 11.9. The summed E-state index contributed by atoms with van der Waals surface area (Å²) >= 11 is 12.5. The second kappa shape index (κ2) is 5.17. The average Bonchev–Trinajstić information content (AvgIpc) is 2.64. The fourth-order valence-electron chi connectivity index (χ4n) is 1.54. The van der Waals surface area contributed by atoms with Gasteiger partial charge in [-0.2, -0.15) is 0 Å². The Hall–Kier alpha value is -0.580. The molecule has 0 atom stereocenters. The standard InChI is InChI=1S/C11H10ClNOS2/c12-9-3-1-2-8(6-9)7-10(14)13-4-5-16-11(13)15/h1-3,6H,4-5,7H2. The molecule has 0 spiro atoms. The Labute approximate surface area is 109 Å². The summed E-state index contributed by atoms with van der Waals surface area (Å²) in [4.78, 5) is 13.6. The van der Waals surface area contributed by atoms with Crippen LogP contribution >= 0.6 is 35.6 Å². The lowest BCUT2D eigenvalue weighted by molar-refractivity contribution is -0.126. The van der Waals surface area contributed by atoms with Crippen LogP contribution in [0.15, 0.2) is 24.3 Å². The number of amides is 1. The molecule has 0 radical (unpaired) electrons. The molecule has 1 aliphatic heterocycles. The van der Waals surface area contributed by atoms with Gasteiger partial charge in [-0.15, -0.1) is 0 Å². The van der Waals surface area contributed by atoms with E-state index >= 15 is 0 Å². The van der Waals surface area contributed by atoms with E-state index in [4.69, 9.17) is 23.8 Å². The van der Waals surface area contributed by atoms with E-state index in [1.165, 1.54) is 0 Å². The molecule has 1 aromatic carbocycles. The molecular weight excluding hydrogens is 262 g/mol. The zero-order valence-electron chi connectivity index (χ0n) is 8.48. The Balaban J connectivity index is 2.04. The van der Waals surface area contributed by atoms with Gasteiger partial charge in [0.2, 0.25) is 5.91 Å². The number of rotatable bonds is 2. The molecule has 1 heterocycles. The van der Waals surface area contributed by atoms with Crippen molar-refractivity contribution in [3.8, 4) is 0 Å². The number of nitrogens with zero attached hydrogens (tertiary/aromatic N) is 1. The van der Waals surface area contributed by atoms with E-state index in [1.54, 1.807) is 22.7 Å². The first kappa shape index (κ1) is 11.9. The van der Waals surface area contributed by atoms with Crippen LogP contribution in [0, 0.1) is 0 Å². The van der Waals surface area contributed by atoms with Crippen LogP contribution < -0.4 is 0 Å². The maximum Gasteiger partial charge on any atom is 0.232 e. The number of thioether (sulfide) groups is 1. The number of hydrogen-bond acceptors (Lipinski definition) is 3. The molecule has 2 nitrogen and oxygen atoms in total. The summed E-state index contributed by atoms with van der Waals surface area (Å²) in [6.07, 6.45) is 0.362. The Kier molecular flexibility index (Phi) is 3.84. The van der Waals surface area contributed by atoms with Gasteiger partial charge in [-0.05, 0) is 17.7 Å². The van der Waals surface area contributed by atoms with E-state index in [9.17, 15) is 4.79 Å². The number of halogens is 1. The number of carbonyl (C=O) groups excluding carboxylic acids is 1. The molecule has 0 aromatic heterocycles. The monoisotopic (exact) mass is 271 g/mol. The minimum atomic E-state index is 0.0530. The molecule has 16 heavy (non-hydrogen) atoms. The molecule has 0 bridgehead atoms. The molecule has 1 saturated heterocycles. The molecule has 5 heteroatoms. The van der Waals surface area contributed by atoms with Crippen molar-refractivity contribution >= 4 is 45.8 Å². The van der Waals surface area contributed by atoms with Crippen molar-refractivity contribution in [1.82, 2.24) is 4.90 Å². The molecule has 1 fully saturated rings. The van der Waals surface area contributed by atoms with Crippen molar-refractivity contribution in [2.45, 2.75) is 6.42 Å². The highest BCUT2D eigenvalue weighted by molar-refractivity contribution is 8.23. The first-order valence-electron chi connectivity index (χ1n) is 4.88. The van der Waals surface area contributed by atoms with Gasteiger partial charge in [-0.3, -0.25) is 9.69 Å². The van der Waals surface area contributed by atoms with Crippen LogP contribution in [0.3, 0.4) is 0 Å². The van der Waals surface area contributed by atoms with Crippen molar-refractivity contribution in [1.29, 1.82) is 0 Å². The molecule has 1 aromatic rings. The van der Waals surface area contributed by atoms with E-state index in [2.05, 4.69) is 0 Å². The van der Waals surface area contributed by atoms with Crippen LogP contribution in [-0.2, 0) is 11.2 Å². The summed E-state index contributed by atoms with van der Waals surface area (Å²) in [5.74, 6) is 0.956. The van der Waals surface area contributed by atoms with Crippen LogP contribution in [0.5, 0.6) is 0 Å². The lowest BCUT2D eigenvalue weighted by atomic mass is 10.1. The van der Waals surface area contributed by atoms with Crippen molar-refractivity contribution in [2.75, 3.05) is 12.3 Å². The van der Waals surface area contributed by atoms with Crippen LogP contribution in [0.1, 0.15) is 5.56 Å². The Morgan fingerprint density at radius 3 is 3.00 bits per heavy atom. The maximum absolute atomic E-state index is 11.9. The highest BCUT2D eigenvalue weighted by Gasteiger charge is 2.23. The predicted octanol–water partition coefficient (Wildman–Crippen LogP) is 2.74. The van der Waals surface area contributed by atoms with Crippen LogP contribution in [0.2, 0.25) is 5.02 Å². The third kappa shape index (κ3) is 2.75. The largest absolute Gasteiger partial charge is 0.297 e. The lowest BCUT2D eigenvalue weighted by Gasteiger charge is -2.14. The van der Waals surface area contributed by atoms with Gasteiger partial charge in [0.25, 0.3) is 0 Å². The van der Waals surface area contributed by atoms with Gasteiger partial charge >= 0.3 is 0 Å². The minimum absolute atomic E-state index is 0.0530. The Morgan fingerprint density at radius 1 is 1.56 bits per heavy atom. The van der Waals surface area contributed by atoms with E-state index in [0.717, 1.165) is 17.9 Å². The zero-order chi connectivity index (χ0) is 11.5. The molecular formula is C11H10ClNOS2. The van der Waals surface area contributed by atoms with Crippen LogP contribution in [0.25, 0.3) is 0 Å². The summed E-state index contributed by atoms with van der Waals surface area (Å²) in [6.45, 7) is 0.725. The van der Waals surface area contributed by atoms with Crippen molar-refractivity contribution in [3.05, 3.63) is 34.9 Å². The third-order valence-electron chi connectivity index (χ3n) is 2.31. The predicted molar refractivity (Wildman–Crippen MR) is 71.9 cm³/mol. The lowest BCUT2D eigenvalue weighted by Crippen LogP contribution is -2.31. The molecule has 1 aliphatic rings. The third-order valence-corrected chi connectivity index (χ3v) is 3.97. The summed E-state index contributed by atoms with van der Waals surface area (Å²) in [6, 6.07) is 7.36. The van der Waals surface area contributed by atoms with Gasteiger partial charge in [-0.1, -0.05) is 47.7 Å². The SMILES string of the molecule is O=C(Cc1cccc(Cl)c1)N1CCSC1=S. The van der Waals surface area contributed by atoms with Crippen molar-refractivity contribution in [2.24, 2.45) is 0 Å². The highest BCUT2D eigenvalue weighted by Crippen LogP contribution is 2.19. The fraction of sp³-hybridized carbons (Fsp3) is 0.273. The normalized spacial score (nSPS) is 15.6. The summed E-state index contributed by atoms with van der Waals surface area (Å²) in [7, 11) is 0. The first-order chi connectivity index (χ1) is 7.66. The summed E-state index contributed by atoms with van der Waals surface area (Å²) < 4.78 is 0.687. The fourth-order valence-corrected chi connectivity index (χ4v) is 2.99. The van der Waals surface area contributed by atoms with Gasteiger partial charge in [0.15, 0.2) is 0 Å². The summed E-state index contributed by atoms with van der Waals surface area (Å²) in [5, 5.41) is 0.656. The van der Waals surface area contributed by atoms with Gasteiger partial charge in [0.05, 0.1) is 6.42 Å². The van der Waals surface area contributed by atoms with Gasteiger partial charge in [-0.25, -0.2) is 0 Å². The second-order valence-electron chi connectivity index (χ2n) is 3.47. The smallest absolute Gasteiger partial charge is 0.232 e. The topological polar surface area (TPSA) is 20.3 Å². The van der Waals surface area contributed by atoms with Crippen LogP contribution in [0.4, 0.5) is 0 Å². The molecule has 0 N–H and O–H groups in total. The molecule has 84 valence electrons. The molecule has 0 unspecified atom stereocenters. The quantitative estimate of drug-likeness (QED) is 0.772. The molecule has 2 rings (SSSR count). The molecule has 0 saturated carbocycles. The van der Waals surface area contributed by atoms with Gasteiger partial charge in [0, 0.05) is 17.3 Å². The number of benzene rings is 1. The minimum Gasteiger partial charge on any atom is -0.297 e. The summed E-state index contributed by atoms with van der Waals surface area (Å²) in [5.41, 5.74) is 0.928.